The first kappa shape index (κ1) is 16.2. The maximum atomic E-state index is 4.92. The van der Waals surface area contributed by atoms with Crippen LogP contribution in [-0.2, 0) is 6.54 Å². The van der Waals surface area contributed by atoms with Gasteiger partial charge in [-0.1, -0.05) is 31.0 Å². The molecule has 1 N–H and O–H groups in total. The highest BCUT2D eigenvalue weighted by molar-refractivity contribution is 5.65. The maximum Gasteiger partial charge on any atom is 0.229 e. The van der Waals surface area contributed by atoms with Crippen molar-refractivity contribution in [3.63, 3.8) is 0 Å². The molecule has 1 saturated carbocycles. The molecule has 3 heterocycles. The second-order valence-corrected chi connectivity index (χ2v) is 7.41. The number of hydrogen-bond donors (Lipinski definition) is 1. The predicted molar refractivity (Wildman–Crippen MR) is 105 cm³/mol. The summed E-state index contributed by atoms with van der Waals surface area (Å²) in [5, 5.41) is 12.0. The standard InChI is InChI=1S/C20H23N7/c1-13-7-3-6-10-16(13)22-20-21-11-17-19(23-20)26(15-8-4-5-9-15)12-18-25-24-14(2)27(17)18/h3,6-7,10-11,15H,4-5,8-9,12H2,1-2H3,(H,21,22,23). The average Bonchev–Trinajstić information content (AvgIpc) is 3.33. The monoisotopic (exact) mass is 361 g/mol. The third kappa shape index (κ3) is 2.74. The Labute approximate surface area is 158 Å². The molecule has 0 bridgehead atoms. The largest absolute Gasteiger partial charge is 0.344 e. The van der Waals surface area contributed by atoms with Gasteiger partial charge in [0.25, 0.3) is 0 Å². The molecular formula is C20H23N7. The Morgan fingerprint density at radius 2 is 1.89 bits per heavy atom. The lowest BCUT2D eigenvalue weighted by Crippen LogP contribution is -2.38. The van der Waals surface area contributed by atoms with Crippen LogP contribution >= 0.6 is 0 Å². The highest BCUT2D eigenvalue weighted by Gasteiger charge is 2.33. The molecular weight excluding hydrogens is 338 g/mol. The SMILES string of the molecule is Cc1ccccc1Nc1ncc2c(n1)N(C1CCCC1)Cc1nnc(C)n1-2. The van der Waals surface area contributed by atoms with Crippen molar-refractivity contribution < 1.29 is 0 Å². The van der Waals surface area contributed by atoms with Gasteiger partial charge in [0.1, 0.15) is 11.5 Å². The number of hydrogen-bond acceptors (Lipinski definition) is 6. The van der Waals surface area contributed by atoms with E-state index < -0.39 is 0 Å². The minimum Gasteiger partial charge on any atom is -0.344 e. The summed E-state index contributed by atoms with van der Waals surface area (Å²) in [5.41, 5.74) is 3.17. The minimum atomic E-state index is 0.510. The molecule has 7 nitrogen and oxygen atoms in total. The van der Waals surface area contributed by atoms with Crippen LogP contribution < -0.4 is 10.2 Å². The van der Waals surface area contributed by atoms with Gasteiger partial charge in [-0.15, -0.1) is 10.2 Å². The molecule has 2 aliphatic rings. The number of para-hydroxylation sites is 1. The van der Waals surface area contributed by atoms with E-state index >= 15 is 0 Å². The highest BCUT2D eigenvalue weighted by Crippen LogP contribution is 2.36. The smallest absolute Gasteiger partial charge is 0.229 e. The number of anilines is 3. The average molecular weight is 361 g/mol. The van der Waals surface area contributed by atoms with Crippen molar-refractivity contribution >= 4 is 17.5 Å². The Hall–Kier alpha value is -2.96. The molecule has 27 heavy (non-hydrogen) atoms. The van der Waals surface area contributed by atoms with E-state index in [0.29, 0.717) is 12.0 Å². The van der Waals surface area contributed by atoms with Gasteiger partial charge >= 0.3 is 0 Å². The Kier molecular flexibility index (Phi) is 3.81. The zero-order valence-corrected chi connectivity index (χ0v) is 15.7. The van der Waals surface area contributed by atoms with Crippen LogP contribution in [0.2, 0.25) is 0 Å². The lowest BCUT2D eigenvalue weighted by molar-refractivity contribution is 0.566. The number of aromatic nitrogens is 5. The number of benzene rings is 1. The zero-order chi connectivity index (χ0) is 18.4. The van der Waals surface area contributed by atoms with E-state index in [1.807, 2.05) is 25.3 Å². The molecule has 2 aromatic heterocycles. The van der Waals surface area contributed by atoms with Crippen LogP contribution in [0.15, 0.2) is 30.5 Å². The summed E-state index contributed by atoms with van der Waals surface area (Å²) >= 11 is 0. The molecule has 3 aromatic rings. The van der Waals surface area contributed by atoms with Crippen molar-refractivity contribution in [1.29, 1.82) is 0 Å². The summed E-state index contributed by atoms with van der Waals surface area (Å²) in [5.74, 6) is 3.44. The second-order valence-electron chi connectivity index (χ2n) is 7.41. The number of nitrogens with zero attached hydrogens (tertiary/aromatic N) is 6. The third-order valence-corrected chi connectivity index (χ3v) is 5.62. The predicted octanol–water partition coefficient (Wildman–Crippen LogP) is 3.68. The Bertz CT molecular complexity index is 988. The van der Waals surface area contributed by atoms with Gasteiger partial charge in [0.15, 0.2) is 11.6 Å². The summed E-state index contributed by atoms with van der Waals surface area (Å²) in [7, 11) is 0. The first-order valence-corrected chi connectivity index (χ1v) is 9.58. The molecule has 0 radical (unpaired) electrons. The van der Waals surface area contributed by atoms with E-state index in [4.69, 9.17) is 4.98 Å². The third-order valence-electron chi connectivity index (χ3n) is 5.62. The van der Waals surface area contributed by atoms with E-state index in [-0.39, 0.29) is 0 Å². The maximum absolute atomic E-state index is 4.92. The molecule has 0 saturated heterocycles. The highest BCUT2D eigenvalue weighted by atomic mass is 15.4. The van der Waals surface area contributed by atoms with Gasteiger partial charge in [0.2, 0.25) is 5.95 Å². The first-order chi connectivity index (χ1) is 13.2. The summed E-state index contributed by atoms with van der Waals surface area (Å²) < 4.78 is 2.08. The van der Waals surface area contributed by atoms with Crippen LogP contribution in [0.5, 0.6) is 0 Å². The summed E-state index contributed by atoms with van der Waals surface area (Å²) in [6, 6.07) is 8.70. The van der Waals surface area contributed by atoms with Crippen molar-refractivity contribution in [2.24, 2.45) is 0 Å². The molecule has 0 spiro atoms. The molecule has 7 heteroatoms. The molecule has 1 fully saturated rings. The van der Waals surface area contributed by atoms with Crippen molar-refractivity contribution in [1.82, 2.24) is 24.7 Å². The van der Waals surface area contributed by atoms with Crippen molar-refractivity contribution in [2.45, 2.75) is 52.1 Å². The fourth-order valence-electron chi connectivity index (χ4n) is 4.20. The molecule has 5 rings (SSSR count). The van der Waals surface area contributed by atoms with Gasteiger partial charge < -0.3 is 10.2 Å². The number of aryl methyl sites for hydroxylation is 2. The Morgan fingerprint density at radius 1 is 1.07 bits per heavy atom. The fourth-order valence-corrected chi connectivity index (χ4v) is 4.20. The van der Waals surface area contributed by atoms with E-state index in [2.05, 4.69) is 49.0 Å². The summed E-state index contributed by atoms with van der Waals surface area (Å²) in [6.07, 6.45) is 6.86. The lowest BCUT2D eigenvalue weighted by atomic mass is 10.1. The van der Waals surface area contributed by atoms with E-state index in [0.717, 1.165) is 35.4 Å². The van der Waals surface area contributed by atoms with Crippen molar-refractivity contribution in [3.8, 4) is 5.69 Å². The van der Waals surface area contributed by atoms with Gasteiger partial charge in [0, 0.05) is 11.7 Å². The number of rotatable bonds is 3. The molecule has 138 valence electrons. The quantitative estimate of drug-likeness (QED) is 0.767. The van der Waals surface area contributed by atoms with Gasteiger partial charge in [-0.05, 0) is 38.3 Å². The topological polar surface area (TPSA) is 71.8 Å². The van der Waals surface area contributed by atoms with Crippen molar-refractivity contribution in [2.75, 3.05) is 10.2 Å². The molecule has 1 aliphatic carbocycles. The second kappa shape index (κ2) is 6.33. The number of fused-ring (bicyclic) bond motifs is 3. The molecule has 1 aliphatic heterocycles. The van der Waals surface area contributed by atoms with E-state index in [1.54, 1.807) is 0 Å². The fraction of sp³-hybridized carbons (Fsp3) is 0.400. The zero-order valence-electron chi connectivity index (χ0n) is 15.7. The van der Waals surface area contributed by atoms with Gasteiger partial charge in [-0.2, -0.15) is 4.98 Å². The Morgan fingerprint density at radius 3 is 2.70 bits per heavy atom. The minimum absolute atomic E-state index is 0.510. The summed E-state index contributed by atoms with van der Waals surface area (Å²) in [6.45, 7) is 4.81. The first-order valence-electron chi connectivity index (χ1n) is 9.58. The van der Waals surface area contributed by atoms with Gasteiger partial charge in [-0.3, -0.25) is 4.57 Å². The van der Waals surface area contributed by atoms with Gasteiger partial charge in [-0.25, -0.2) is 4.98 Å². The summed E-state index contributed by atoms with van der Waals surface area (Å²) in [4.78, 5) is 11.9. The molecule has 0 unspecified atom stereocenters. The van der Waals surface area contributed by atoms with Gasteiger partial charge in [0.05, 0.1) is 12.7 Å². The number of nitrogens with one attached hydrogen (secondary N) is 1. The van der Waals surface area contributed by atoms with Crippen molar-refractivity contribution in [3.05, 3.63) is 47.7 Å². The molecule has 0 amide bonds. The van der Waals surface area contributed by atoms with Crippen LogP contribution in [0.4, 0.5) is 17.5 Å². The van der Waals surface area contributed by atoms with Crippen LogP contribution in [0.1, 0.15) is 42.9 Å². The molecule has 0 atom stereocenters. The van der Waals surface area contributed by atoms with Crippen LogP contribution in [0.25, 0.3) is 5.69 Å². The lowest BCUT2D eigenvalue weighted by Gasteiger charge is -2.35. The van der Waals surface area contributed by atoms with Crippen LogP contribution in [0.3, 0.4) is 0 Å². The molecule has 1 aromatic carbocycles. The van der Waals surface area contributed by atoms with E-state index in [9.17, 15) is 0 Å². The Balaban J connectivity index is 1.58. The van der Waals surface area contributed by atoms with Crippen LogP contribution in [-0.4, -0.2) is 30.8 Å². The van der Waals surface area contributed by atoms with E-state index in [1.165, 1.54) is 31.2 Å². The normalized spacial score (nSPS) is 16.3. The van der Waals surface area contributed by atoms with Crippen LogP contribution in [0, 0.1) is 13.8 Å².